The molecule has 21 heavy (non-hydrogen) atoms. The van der Waals surface area contributed by atoms with Crippen molar-refractivity contribution < 1.29 is 9.53 Å². The van der Waals surface area contributed by atoms with Gasteiger partial charge in [-0.15, -0.1) is 0 Å². The molecule has 2 rings (SSSR count). The lowest BCUT2D eigenvalue weighted by Gasteiger charge is -2.32. The minimum Gasteiger partial charge on any atom is -0.464 e. The van der Waals surface area contributed by atoms with E-state index in [1.165, 1.54) is 0 Å². The van der Waals surface area contributed by atoms with E-state index in [0.717, 1.165) is 44.0 Å². The van der Waals surface area contributed by atoms with E-state index < -0.39 is 0 Å². The number of nitrogens with zero attached hydrogens (tertiary/aromatic N) is 2. The number of ether oxygens (including phenoxy) is 1. The van der Waals surface area contributed by atoms with Gasteiger partial charge >= 0.3 is 5.97 Å². The van der Waals surface area contributed by atoms with Crippen molar-refractivity contribution in [3.8, 4) is 0 Å². The molecule has 0 atom stereocenters. The summed E-state index contributed by atoms with van der Waals surface area (Å²) in [7, 11) is 2.13. The van der Waals surface area contributed by atoms with Crippen LogP contribution in [0.15, 0.2) is 24.3 Å². The highest BCUT2D eigenvalue weighted by Crippen LogP contribution is 2.09. The number of carbonyl (C=O) groups is 1. The van der Waals surface area contributed by atoms with Gasteiger partial charge in [0, 0.05) is 44.8 Å². The molecule has 1 aromatic carbocycles. The molecule has 1 aromatic rings. The van der Waals surface area contributed by atoms with E-state index in [4.69, 9.17) is 10.5 Å². The Balaban J connectivity index is 1.59. The molecule has 0 saturated carbocycles. The minimum atomic E-state index is -0.133. The van der Waals surface area contributed by atoms with Gasteiger partial charge in [0.15, 0.2) is 0 Å². The summed E-state index contributed by atoms with van der Waals surface area (Å²) in [6, 6.07) is 7.63. The standard InChI is InChI=1S/C16H25N3O2/c1-18-7-9-19(10-8-18)11-12-21-16(20)6-5-14-3-2-4-15(17)13-14/h2-4,13H,5-12,17H2,1H3. The number of piperazine rings is 1. The van der Waals surface area contributed by atoms with Crippen molar-refractivity contribution in [2.24, 2.45) is 0 Å². The summed E-state index contributed by atoms with van der Waals surface area (Å²) in [5.74, 6) is -0.133. The first-order valence-corrected chi connectivity index (χ1v) is 7.54. The number of nitrogens with two attached hydrogens (primary N) is 1. The summed E-state index contributed by atoms with van der Waals surface area (Å²) in [4.78, 5) is 16.4. The van der Waals surface area contributed by atoms with E-state index in [-0.39, 0.29) is 5.97 Å². The largest absolute Gasteiger partial charge is 0.464 e. The number of hydrogen-bond acceptors (Lipinski definition) is 5. The second-order valence-corrected chi connectivity index (χ2v) is 5.61. The van der Waals surface area contributed by atoms with Crippen LogP contribution in [-0.4, -0.2) is 62.1 Å². The van der Waals surface area contributed by atoms with Gasteiger partial charge in [-0.3, -0.25) is 9.69 Å². The molecule has 5 heteroatoms. The number of carbonyl (C=O) groups excluding carboxylic acids is 1. The Hall–Kier alpha value is -1.59. The Morgan fingerprint density at radius 1 is 1.29 bits per heavy atom. The first-order valence-electron chi connectivity index (χ1n) is 7.54. The number of rotatable bonds is 6. The Morgan fingerprint density at radius 3 is 2.76 bits per heavy atom. The Kier molecular flexibility index (Phi) is 6.02. The number of likely N-dealkylation sites (N-methyl/N-ethyl adjacent to an activating group) is 1. The highest BCUT2D eigenvalue weighted by Gasteiger charge is 2.13. The molecule has 1 aliphatic heterocycles. The van der Waals surface area contributed by atoms with Crippen LogP contribution in [0.1, 0.15) is 12.0 Å². The normalized spacial score (nSPS) is 16.8. The highest BCUT2D eigenvalue weighted by atomic mass is 16.5. The second kappa shape index (κ2) is 8.00. The fourth-order valence-electron chi connectivity index (χ4n) is 2.43. The number of anilines is 1. The van der Waals surface area contributed by atoms with Crippen molar-refractivity contribution in [1.29, 1.82) is 0 Å². The average molecular weight is 291 g/mol. The predicted molar refractivity (Wildman–Crippen MR) is 84.1 cm³/mol. The van der Waals surface area contributed by atoms with Crippen molar-refractivity contribution >= 4 is 11.7 Å². The maximum atomic E-state index is 11.7. The SMILES string of the molecule is CN1CCN(CCOC(=O)CCc2cccc(N)c2)CC1. The zero-order valence-corrected chi connectivity index (χ0v) is 12.8. The van der Waals surface area contributed by atoms with E-state index in [0.29, 0.717) is 19.4 Å². The highest BCUT2D eigenvalue weighted by molar-refractivity contribution is 5.69. The summed E-state index contributed by atoms with van der Waals surface area (Å²) in [6.07, 6.45) is 1.09. The topological polar surface area (TPSA) is 58.8 Å². The summed E-state index contributed by atoms with van der Waals surface area (Å²) >= 11 is 0. The molecule has 1 saturated heterocycles. The Bertz CT molecular complexity index is 457. The van der Waals surface area contributed by atoms with Gasteiger partial charge in [-0.25, -0.2) is 0 Å². The fourth-order valence-corrected chi connectivity index (χ4v) is 2.43. The first-order chi connectivity index (χ1) is 10.1. The lowest BCUT2D eigenvalue weighted by molar-refractivity contribution is -0.144. The predicted octanol–water partition coefficient (Wildman–Crippen LogP) is 0.992. The monoisotopic (exact) mass is 291 g/mol. The van der Waals surface area contributed by atoms with Crippen LogP contribution in [0.4, 0.5) is 5.69 Å². The number of esters is 1. The third kappa shape index (κ3) is 5.73. The van der Waals surface area contributed by atoms with Crippen LogP contribution >= 0.6 is 0 Å². The molecule has 0 bridgehead atoms. The van der Waals surface area contributed by atoms with Gasteiger partial charge < -0.3 is 15.4 Å². The van der Waals surface area contributed by atoms with Crippen molar-refractivity contribution in [3.05, 3.63) is 29.8 Å². The van der Waals surface area contributed by atoms with Crippen molar-refractivity contribution in [3.63, 3.8) is 0 Å². The summed E-state index contributed by atoms with van der Waals surface area (Å²) in [5, 5.41) is 0. The second-order valence-electron chi connectivity index (χ2n) is 5.61. The summed E-state index contributed by atoms with van der Waals surface area (Å²) in [5.41, 5.74) is 7.52. The van der Waals surface area contributed by atoms with E-state index in [1.54, 1.807) is 0 Å². The maximum Gasteiger partial charge on any atom is 0.306 e. The molecule has 1 fully saturated rings. The number of benzene rings is 1. The third-order valence-electron chi connectivity index (χ3n) is 3.84. The van der Waals surface area contributed by atoms with Gasteiger partial charge in [-0.1, -0.05) is 12.1 Å². The lowest BCUT2D eigenvalue weighted by Crippen LogP contribution is -2.45. The summed E-state index contributed by atoms with van der Waals surface area (Å²) in [6.45, 7) is 5.60. The van der Waals surface area contributed by atoms with Crippen LogP contribution in [0.5, 0.6) is 0 Å². The number of nitrogen functional groups attached to an aromatic ring is 1. The smallest absolute Gasteiger partial charge is 0.306 e. The zero-order chi connectivity index (χ0) is 15.1. The van der Waals surface area contributed by atoms with Crippen LogP contribution in [0, 0.1) is 0 Å². The molecule has 0 aliphatic carbocycles. The zero-order valence-electron chi connectivity index (χ0n) is 12.8. The van der Waals surface area contributed by atoms with E-state index in [9.17, 15) is 4.79 Å². The molecule has 0 radical (unpaired) electrons. The van der Waals surface area contributed by atoms with E-state index in [2.05, 4.69) is 16.8 Å². The lowest BCUT2D eigenvalue weighted by atomic mass is 10.1. The van der Waals surface area contributed by atoms with E-state index in [1.807, 2.05) is 24.3 Å². The molecule has 116 valence electrons. The molecule has 0 unspecified atom stereocenters. The molecule has 5 nitrogen and oxygen atoms in total. The number of aryl methyl sites for hydroxylation is 1. The van der Waals surface area contributed by atoms with Crippen molar-refractivity contribution in [2.45, 2.75) is 12.8 Å². The molecule has 1 aliphatic rings. The van der Waals surface area contributed by atoms with Gasteiger partial charge in [-0.05, 0) is 31.2 Å². The molecule has 2 N–H and O–H groups in total. The molecule has 0 amide bonds. The van der Waals surface area contributed by atoms with Crippen LogP contribution in [-0.2, 0) is 16.0 Å². The first kappa shape index (κ1) is 15.8. The molecular weight excluding hydrogens is 266 g/mol. The van der Waals surface area contributed by atoms with Gasteiger partial charge in [-0.2, -0.15) is 0 Å². The molecular formula is C16H25N3O2. The van der Waals surface area contributed by atoms with Gasteiger partial charge in [0.25, 0.3) is 0 Å². The van der Waals surface area contributed by atoms with Gasteiger partial charge in [0.1, 0.15) is 6.61 Å². The average Bonchev–Trinajstić information content (AvgIpc) is 2.47. The maximum absolute atomic E-state index is 11.7. The van der Waals surface area contributed by atoms with Crippen molar-refractivity contribution in [2.75, 3.05) is 52.1 Å². The van der Waals surface area contributed by atoms with Crippen LogP contribution in [0.3, 0.4) is 0 Å². The molecule has 0 aromatic heterocycles. The summed E-state index contributed by atoms with van der Waals surface area (Å²) < 4.78 is 5.30. The minimum absolute atomic E-state index is 0.133. The van der Waals surface area contributed by atoms with Gasteiger partial charge in [0.05, 0.1) is 0 Å². The molecule has 0 spiro atoms. The van der Waals surface area contributed by atoms with E-state index >= 15 is 0 Å². The quantitative estimate of drug-likeness (QED) is 0.626. The Morgan fingerprint density at radius 2 is 2.05 bits per heavy atom. The van der Waals surface area contributed by atoms with Gasteiger partial charge in [0.2, 0.25) is 0 Å². The van der Waals surface area contributed by atoms with Crippen LogP contribution < -0.4 is 5.73 Å². The fraction of sp³-hybridized carbons (Fsp3) is 0.562. The van der Waals surface area contributed by atoms with Crippen LogP contribution in [0.2, 0.25) is 0 Å². The number of hydrogen-bond donors (Lipinski definition) is 1. The van der Waals surface area contributed by atoms with Crippen molar-refractivity contribution in [1.82, 2.24) is 9.80 Å². The third-order valence-corrected chi connectivity index (χ3v) is 3.84. The Labute approximate surface area is 126 Å². The molecule has 1 heterocycles. The van der Waals surface area contributed by atoms with Crippen LogP contribution in [0.25, 0.3) is 0 Å².